The van der Waals surface area contributed by atoms with E-state index in [1.54, 1.807) is 24.3 Å². The third kappa shape index (κ3) is 5.72. The lowest BCUT2D eigenvalue weighted by Crippen LogP contribution is -2.04. The van der Waals surface area contributed by atoms with Gasteiger partial charge in [-0.05, 0) is 54.4 Å². The Bertz CT molecular complexity index is 1010. The summed E-state index contributed by atoms with van der Waals surface area (Å²) < 4.78 is 25.5. The van der Waals surface area contributed by atoms with Crippen LogP contribution in [0, 0.1) is 5.82 Å². The Balaban J connectivity index is 1.75. The molecule has 0 atom stereocenters. The van der Waals surface area contributed by atoms with Gasteiger partial charge in [-0.15, -0.1) is 0 Å². The lowest BCUT2D eigenvalue weighted by atomic mass is 10.2. The third-order valence-corrected chi connectivity index (χ3v) is 5.53. The molecular formula is C22H19BrCl2FNO3. The van der Waals surface area contributed by atoms with Crippen LogP contribution >= 0.6 is 39.1 Å². The van der Waals surface area contributed by atoms with Gasteiger partial charge in [0.1, 0.15) is 12.4 Å². The zero-order chi connectivity index (χ0) is 21.7. The molecule has 158 valence electrons. The molecule has 0 aliphatic rings. The Kier molecular flexibility index (Phi) is 7.69. The smallest absolute Gasteiger partial charge is 0.162 e. The predicted molar refractivity (Wildman–Crippen MR) is 121 cm³/mol. The highest BCUT2D eigenvalue weighted by molar-refractivity contribution is 9.10. The fourth-order valence-electron chi connectivity index (χ4n) is 2.70. The van der Waals surface area contributed by atoms with Crippen molar-refractivity contribution >= 4 is 44.8 Å². The number of phenolic OH excluding ortho intramolecular Hbond substituents is 1. The topological polar surface area (TPSA) is 50.7 Å². The molecule has 2 N–H and O–H groups in total. The molecule has 3 aromatic rings. The lowest BCUT2D eigenvalue weighted by Gasteiger charge is -2.16. The summed E-state index contributed by atoms with van der Waals surface area (Å²) in [5, 5.41) is 13.2. The van der Waals surface area contributed by atoms with Crippen LogP contribution in [0.1, 0.15) is 18.1 Å². The van der Waals surface area contributed by atoms with Crippen molar-refractivity contribution in [3.63, 3.8) is 0 Å². The second-order valence-electron chi connectivity index (χ2n) is 6.38. The quantitative estimate of drug-likeness (QED) is 0.312. The van der Waals surface area contributed by atoms with Gasteiger partial charge in [0.2, 0.25) is 0 Å². The molecular weight excluding hydrogens is 496 g/mol. The van der Waals surface area contributed by atoms with Gasteiger partial charge in [0, 0.05) is 16.7 Å². The molecule has 0 saturated heterocycles. The van der Waals surface area contributed by atoms with Crippen molar-refractivity contribution in [3.8, 4) is 17.2 Å². The summed E-state index contributed by atoms with van der Waals surface area (Å²) in [6, 6.07) is 13.1. The maximum absolute atomic E-state index is 13.1. The van der Waals surface area contributed by atoms with Gasteiger partial charge in [-0.2, -0.15) is 0 Å². The van der Waals surface area contributed by atoms with Crippen LogP contribution in [0.3, 0.4) is 0 Å². The molecule has 0 heterocycles. The Morgan fingerprint density at radius 2 is 1.63 bits per heavy atom. The molecule has 0 unspecified atom stereocenters. The maximum Gasteiger partial charge on any atom is 0.162 e. The second kappa shape index (κ2) is 10.2. The van der Waals surface area contributed by atoms with Crippen molar-refractivity contribution in [2.45, 2.75) is 20.1 Å². The number of ether oxygens (including phenoxy) is 2. The number of aromatic hydroxyl groups is 1. The molecule has 0 aromatic heterocycles. The standard InChI is InChI=1S/C22H19BrCl2FNO3/c1-2-29-20-7-14(11-27-16-8-18(24)22(28)19(25)9-16)17(23)10-21(20)30-12-13-3-5-15(26)6-4-13/h3-10,27-28H,2,11-12H2,1H3. The summed E-state index contributed by atoms with van der Waals surface area (Å²) in [5.41, 5.74) is 2.44. The van der Waals surface area contributed by atoms with Crippen molar-refractivity contribution in [1.29, 1.82) is 0 Å². The van der Waals surface area contributed by atoms with E-state index >= 15 is 0 Å². The van der Waals surface area contributed by atoms with E-state index in [2.05, 4.69) is 21.2 Å². The summed E-state index contributed by atoms with van der Waals surface area (Å²) in [5.74, 6) is 0.741. The summed E-state index contributed by atoms with van der Waals surface area (Å²) in [6.07, 6.45) is 0. The van der Waals surface area contributed by atoms with E-state index in [0.29, 0.717) is 30.3 Å². The SMILES string of the molecule is CCOc1cc(CNc2cc(Cl)c(O)c(Cl)c2)c(Br)cc1OCc1ccc(F)cc1. The van der Waals surface area contributed by atoms with Crippen LogP contribution in [0.25, 0.3) is 0 Å². The lowest BCUT2D eigenvalue weighted by molar-refractivity contribution is 0.269. The van der Waals surface area contributed by atoms with Gasteiger partial charge in [0.05, 0.1) is 16.7 Å². The zero-order valence-corrected chi connectivity index (χ0v) is 19.1. The van der Waals surface area contributed by atoms with Crippen molar-refractivity contribution in [1.82, 2.24) is 0 Å². The molecule has 0 bridgehead atoms. The van der Waals surface area contributed by atoms with Crippen LogP contribution in [0.15, 0.2) is 53.0 Å². The Morgan fingerprint density at radius 1 is 1.00 bits per heavy atom. The normalized spacial score (nSPS) is 10.7. The van der Waals surface area contributed by atoms with E-state index in [9.17, 15) is 9.50 Å². The summed E-state index contributed by atoms with van der Waals surface area (Å²) >= 11 is 15.5. The number of phenols is 1. The number of hydrogen-bond acceptors (Lipinski definition) is 4. The van der Waals surface area contributed by atoms with E-state index in [1.807, 2.05) is 19.1 Å². The van der Waals surface area contributed by atoms with Crippen molar-refractivity contribution in [2.24, 2.45) is 0 Å². The molecule has 0 spiro atoms. The van der Waals surface area contributed by atoms with Gasteiger partial charge in [-0.25, -0.2) is 4.39 Å². The number of nitrogens with one attached hydrogen (secondary N) is 1. The van der Waals surface area contributed by atoms with Crippen LogP contribution in [-0.2, 0) is 13.2 Å². The van der Waals surface area contributed by atoms with Crippen molar-refractivity contribution in [2.75, 3.05) is 11.9 Å². The number of anilines is 1. The summed E-state index contributed by atoms with van der Waals surface area (Å²) in [4.78, 5) is 0. The first kappa shape index (κ1) is 22.5. The number of rotatable bonds is 8. The predicted octanol–water partition coefficient (Wildman–Crippen LogP) is 7.19. The first-order valence-corrected chi connectivity index (χ1v) is 10.7. The molecule has 0 fully saturated rings. The number of hydrogen-bond donors (Lipinski definition) is 2. The van der Waals surface area contributed by atoms with E-state index in [0.717, 1.165) is 15.6 Å². The van der Waals surface area contributed by atoms with Gasteiger partial charge in [-0.3, -0.25) is 0 Å². The summed E-state index contributed by atoms with van der Waals surface area (Å²) in [6.45, 7) is 3.11. The average Bonchev–Trinajstić information content (AvgIpc) is 2.72. The number of halogens is 4. The van der Waals surface area contributed by atoms with Crippen molar-refractivity contribution < 1.29 is 19.0 Å². The van der Waals surface area contributed by atoms with E-state index < -0.39 is 0 Å². The van der Waals surface area contributed by atoms with E-state index in [-0.39, 0.29) is 28.2 Å². The summed E-state index contributed by atoms with van der Waals surface area (Å²) in [7, 11) is 0. The van der Waals surface area contributed by atoms with Gasteiger partial charge >= 0.3 is 0 Å². The Hall–Kier alpha value is -2.15. The fourth-order valence-corrected chi connectivity index (χ4v) is 3.65. The van der Waals surface area contributed by atoms with E-state index in [4.69, 9.17) is 32.7 Å². The highest BCUT2D eigenvalue weighted by atomic mass is 79.9. The second-order valence-corrected chi connectivity index (χ2v) is 8.05. The molecule has 3 aromatic carbocycles. The molecule has 30 heavy (non-hydrogen) atoms. The van der Waals surface area contributed by atoms with Crippen LogP contribution in [-0.4, -0.2) is 11.7 Å². The average molecular weight is 515 g/mol. The van der Waals surface area contributed by atoms with E-state index in [1.165, 1.54) is 12.1 Å². The van der Waals surface area contributed by atoms with Gasteiger partial charge in [0.25, 0.3) is 0 Å². The fraction of sp³-hybridized carbons (Fsp3) is 0.182. The highest BCUT2D eigenvalue weighted by Crippen LogP contribution is 2.37. The minimum absolute atomic E-state index is 0.147. The van der Waals surface area contributed by atoms with Crippen LogP contribution in [0.4, 0.5) is 10.1 Å². The van der Waals surface area contributed by atoms with Gasteiger partial charge < -0.3 is 19.9 Å². The molecule has 8 heteroatoms. The maximum atomic E-state index is 13.1. The molecule has 0 saturated carbocycles. The molecule has 3 rings (SSSR count). The van der Waals surface area contributed by atoms with Gasteiger partial charge in [0.15, 0.2) is 17.2 Å². The zero-order valence-electron chi connectivity index (χ0n) is 16.0. The highest BCUT2D eigenvalue weighted by Gasteiger charge is 2.13. The Morgan fingerprint density at radius 3 is 2.27 bits per heavy atom. The van der Waals surface area contributed by atoms with Crippen LogP contribution < -0.4 is 14.8 Å². The molecule has 0 aliphatic heterocycles. The van der Waals surface area contributed by atoms with Crippen LogP contribution in [0.2, 0.25) is 10.0 Å². The minimum atomic E-state index is -0.287. The third-order valence-electron chi connectivity index (χ3n) is 4.22. The molecule has 4 nitrogen and oxygen atoms in total. The van der Waals surface area contributed by atoms with Crippen molar-refractivity contribution in [3.05, 3.63) is 80.0 Å². The monoisotopic (exact) mass is 513 g/mol. The van der Waals surface area contributed by atoms with Gasteiger partial charge in [-0.1, -0.05) is 51.3 Å². The molecule has 0 radical (unpaired) electrons. The first-order chi connectivity index (χ1) is 14.4. The largest absolute Gasteiger partial charge is 0.505 e. The minimum Gasteiger partial charge on any atom is -0.505 e. The van der Waals surface area contributed by atoms with Crippen LogP contribution in [0.5, 0.6) is 17.2 Å². The number of benzene rings is 3. The Labute approximate surface area is 192 Å². The molecule has 0 aliphatic carbocycles. The molecule has 0 amide bonds. The first-order valence-electron chi connectivity index (χ1n) is 9.11.